The molecule has 1 aliphatic heterocycles. The SMILES string of the molecule is CC(=O)c1ccc2c(c1)N(CC(=O)Nc1ccc(C)c(Br)c1)C(=O)C(C)O2. The lowest BCUT2D eigenvalue weighted by Gasteiger charge is -2.32. The lowest BCUT2D eigenvalue weighted by atomic mass is 10.1. The number of nitrogens with zero attached hydrogens (tertiary/aromatic N) is 1. The fraction of sp³-hybridized carbons (Fsp3) is 0.250. The van der Waals surface area contributed by atoms with Gasteiger partial charge in [0.15, 0.2) is 11.9 Å². The van der Waals surface area contributed by atoms with Gasteiger partial charge >= 0.3 is 0 Å². The highest BCUT2D eigenvalue weighted by atomic mass is 79.9. The fourth-order valence-corrected chi connectivity index (χ4v) is 3.18. The molecule has 3 rings (SSSR count). The van der Waals surface area contributed by atoms with Crippen molar-refractivity contribution in [2.24, 2.45) is 0 Å². The molecular formula is C20H19BrN2O4. The Balaban J connectivity index is 1.85. The number of anilines is 2. The van der Waals surface area contributed by atoms with Gasteiger partial charge in [0.05, 0.1) is 5.69 Å². The minimum atomic E-state index is -0.706. The van der Waals surface area contributed by atoms with Crippen molar-refractivity contribution in [2.45, 2.75) is 26.9 Å². The van der Waals surface area contributed by atoms with Gasteiger partial charge in [0.25, 0.3) is 5.91 Å². The number of Topliss-reactive ketones (excluding diaryl/α,β-unsaturated/α-hetero) is 1. The number of ether oxygens (including phenoxy) is 1. The quantitative estimate of drug-likeness (QED) is 0.749. The van der Waals surface area contributed by atoms with Gasteiger partial charge in [-0.15, -0.1) is 0 Å². The van der Waals surface area contributed by atoms with Crippen molar-refractivity contribution in [1.29, 1.82) is 0 Å². The summed E-state index contributed by atoms with van der Waals surface area (Å²) in [7, 11) is 0. The largest absolute Gasteiger partial charge is 0.479 e. The number of fused-ring (bicyclic) bond motifs is 1. The van der Waals surface area contributed by atoms with Gasteiger partial charge in [-0.1, -0.05) is 22.0 Å². The summed E-state index contributed by atoms with van der Waals surface area (Å²) in [5.41, 5.74) is 2.55. The third kappa shape index (κ3) is 4.03. The molecule has 0 saturated heterocycles. The zero-order valence-electron chi connectivity index (χ0n) is 15.2. The second kappa shape index (κ2) is 7.52. The van der Waals surface area contributed by atoms with Gasteiger partial charge in [-0.2, -0.15) is 0 Å². The van der Waals surface area contributed by atoms with Crippen molar-refractivity contribution in [2.75, 3.05) is 16.8 Å². The highest BCUT2D eigenvalue weighted by molar-refractivity contribution is 9.10. The first-order valence-corrected chi connectivity index (χ1v) is 9.24. The summed E-state index contributed by atoms with van der Waals surface area (Å²) in [4.78, 5) is 38.1. The second-order valence-corrected chi connectivity index (χ2v) is 7.29. The zero-order valence-corrected chi connectivity index (χ0v) is 16.8. The average molecular weight is 431 g/mol. The average Bonchev–Trinajstić information content (AvgIpc) is 2.61. The molecule has 0 saturated carbocycles. The van der Waals surface area contributed by atoms with Crippen molar-refractivity contribution in [3.8, 4) is 5.75 Å². The molecule has 0 aromatic heterocycles. The van der Waals surface area contributed by atoms with Crippen LogP contribution in [0.2, 0.25) is 0 Å². The Kier molecular flexibility index (Phi) is 5.32. The van der Waals surface area contributed by atoms with Crippen molar-refractivity contribution < 1.29 is 19.1 Å². The molecular weight excluding hydrogens is 412 g/mol. The van der Waals surface area contributed by atoms with E-state index < -0.39 is 6.10 Å². The number of carbonyl (C=O) groups excluding carboxylic acids is 3. The second-order valence-electron chi connectivity index (χ2n) is 6.44. The normalized spacial score (nSPS) is 15.8. The Labute approximate surface area is 165 Å². The number of carbonyl (C=O) groups is 3. The van der Waals surface area contributed by atoms with Crippen LogP contribution in [0.5, 0.6) is 5.75 Å². The number of halogens is 1. The first-order valence-electron chi connectivity index (χ1n) is 8.45. The predicted octanol–water partition coefficient (Wildman–Crippen LogP) is 3.71. The van der Waals surface area contributed by atoms with Crippen LogP contribution in [0.4, 0.5) is 11.4 Å². The van der Waals surface area contributed by atoms with Crippen LogP contribution in [0.1, 0.15) is 29.8 Å². The lowest BCUT2D eigenvalue weighted by molar-refractivity contribution is -0.127. The van der Waals surface area contributed by atoms with Gasteiger partial charge in [0, 0.05) is 15.7 Å². The molecule has 27 heavy (non-hydrogen) atoms. The molecule has 1 atom stereocenters. The summed E-state index contributed by atoms with van der Waals surface area (Å²) in [6, 6.07) is 10.4. The van der Waals surface area contributed by atoms with Gasteiger partial charge in [-0.3, -0.25) is 19.3 Å². The zero-order chi connectivity index (χ0) is 19.7. The maximum Gasteiger partial charge on any atom is 0.268 e. The first kappa shape index (κ1) is 19.1. The van der Waals surface area contributed by atoms with Crippen LogP contribution in [-0.2, 0) is 9.59 Å². The number of hydrogen-bond acceptors (Lipinski definition) is 4. The van der Waals surface area contributed by atoms with E-state index in [1.165, 1.54) is 11.8 Å². The minimum absolute atomic E-state index is 0.127. The summed E-state index contributed by atoms with van der Waals surface area (Å²) in [5, 5.41) is 2.79. The molecule has 0 fully saturated rings. The fourth-order valence-electron chi connectivity index (χ4n) is 2.80. The Morgan fingerprint density at radius 1 is 1.22 bits per heavy atom. The van der Waals surface area contributed by atoms with Gasteiger partial charge in [0.1, 0.15) is 12.3 Å². The number of benzene rings is 2. The molecule has 1 unspecified atom stereocenters. The Morgan fingerprint density at radius 3 is 2.63 bits per heavy atom. The molecule has 1 heterocycles. The van der Waals surface area contributed by atoms with Gasteiger partial charge in [-0.25, -0.2) is 0 Å². The third-order valence-corrected chi connectivity index (χ3v) is 5.19. The van der Waals surface area contributed by atoms with Crippen LogP contribution < -0.4 is 15.0 Å². The van der Waals surface area contributed by atoms with Gasteiger partial charge in [-0.05, 0) is 56.7 Å². The topological polar surface area (TPSA) is 75.7 Å². The summed E-state index contributed by atoms with van der Waals surface area (Å²) in [6.07, 6.45) is -0.706. The highest BCUT2D eigenvalue weighted by Gasteiger charge is 2.33. The first-order chi connectivity index (χ1) is 12.8. The van der Waals surface area contributed by atoms with Gasteiger partial charge < -0.3 is 10.1 Å². The maximum atomic E-state index is 12.6. The van der Waals surface area contributed by atoms with E-state index in [0.717, 1.165) is 10.0 Å². The molecule has 140 valence electrons. The molecule has 7 heteroatoms. The number of amides is 2. The molecule has 2 amide bonds. The molecule has 0 radical (unpaired) electrons. The molecule has 2 aromatic carbocycles. The predicted molar refractivity (Wildman–Crippen MR) is 106 cm³/mol. The third-order valence-electron chi connectivity index (χ3n) is 4.33. The van der Waals surface area contributed by atoms with Crippen LogP contribution in [0.25, 0.3) is 0 Å². The van der Waals surface area contributed by atoms with Crippen molar-refractivity contribution in [1.82, 2.24) is 0 Å². The van der Waals surface area contributed by atoms with E-state index in [1.807, 2.05) is 13.0 Å². The summed E-state index contributed by atoms with van der Waals surface area (Å²) in [5.74, 6) is -0.327. The van der Waals surface area contributed by atoms with Crippen molar-refractivity contribution in [3.05, 3.63) is 52.0 Å². The molecule has 1 N–H and O–H groups in total. The summed E-state index contributed by atoms with van der Waals surface area (Å²) in [6.45, 7) is 4.85. The van der Waals surface area contributed by atoms with Crippen LogP contribution >= 0.6 is 15.9 Å². The van der Waals surface area contributed by atoms with Crippen molar-refractivity contribution >= 4 is 44.9 Å². The minimum Gasteiger partial charge on any atom is -0.479 e. The monoisotopic (exact) mass is 430 g/mol. The van der Waals surface area contributed by atoms with E-state index in [-0.39, 0.29) is 24.1 Å². The summed E-state index contributed by atoms with van der Waals surface area (Å²) >= 11 is 3.43. The van der Waals surface area contributed by atoms with Gasteiger partial charge in [0.2, 0.25) is 5.91 Å². The molecule has 1 aliphatic rings. The molecule has 6 nitrogen and oxygen atoms in total. The van der Waals surface area contributed by atoms with E-state index in [0.29, 0.717) is 22.7 Å². The van der Waals surface area contributed by atoms with Crippen LogP contribution in [0.15, 0.2) is 40.9 Å². The summed E-state index contributed by atoms with van der Waals surface area (Å²) < 4.78 is 6.48. The van der Waals surface area contributed by atoms with Crippen molar-refractivity contribution in [3.63, 3.8) is 0 Å². The van der Waals surface area contributed by atoms with Crippen LogP contribution in [0.3, 0.4) is 0 Å². The number of hydrogen-bond donors (Lipinski definition) is 1. The highest BCUT2D eigenvalue weighted by Crippen LogP contribution is 2.35. The van der Waals surface area contributed by atoms with E-state index in [4.69, 9.17) is 4.74 Å². The van der Waals surface area contributed by atoms with E-state index in [1.54, 1.807) is 37.3 Å². The Morgan fingerprint density at radius 2 is 1.96 bits per heavy atom. The number of ketones is 1. The van der Waals surface area contributed by atoms with Crippen LogP contribution in [0, 0.1) is 6.92 Å². The number of nitrogens with one attached hydrogen (secondary N) is 1. The molecule has 2 aromatic rings. The molecule has 0 aliphatic carbocycles. The maximum absolute atomic E-state index is 12.6. The van der Waals surface area contributed by atoms with E-state index in [9.17, 15) is 14.4 Å². The molecule has 0 spiro atoms. The van der Waals surface area contributed by atoms with E-state index in [2.05, 4.69) is 21.2 Å². The number of rotatable bonds is 4. The standard InChI is InChI=1S/C20H19BrN2O4/c1-11-4-6-15(9-16(11)21)22-19(25)10-23-17-8-14(12(2)24)5-7-18(17)27-13(3)20(23)26/h4-9,13H,10H2,1-3H3,(H,22,25). The van der Waals surface area contributed by atoms with Crippen LogP contribution in [-0.4, -0.2) is 30.2 Å². The lowest BCUT2D eigenvalue weighted by Crippen LogP contribution is -2.47. The Hall–Kier alpha value is -2.67. The Bertz CT molecular complexity index is 942. The smallest absolute Gasteiger partial charge is 0.268 e. The molecule has 0 bridgehead atoms. The van der Waals surface area contributed by atoms with E-state index >= 15 is 0 Å². The number of aryl methyl sites for hydroxylation is 1.